The van der Waals surface area contributed by atoms with Crippen molar-refractivity contribution in [3.05, 3.63) is 24.3 Å². The molecule has 0 aliphatic carbocycles. The molecular formula is C10H16N2O3S. The van der Waals surface area contributed by atoms with Crippen LogP contribution in [-0.2, 0) is 10.0 Å². The molecule has 1 aromatic carbocycles. The van der Waals surface area contributed by atoms with Crippen LogP contribution in [0.3, 0.4) is 0 Å². The topological polar surface area (TPSA) is 72.6 Å². The predicted octanol–water partition coefficient (Wildman–Crippen LogP) is 0.539. The third kappa shape index (κ3) is 3.71. The number of nitrogens with zero attached hydrogens (tertiary/aromatic N) is 1. The number of anilines is 1. The van der Waals surface area contributed by atoms with E-state index in [0.29, 0.717) is 11.4 Å². The molecule has 0 aliphatic heterocycles. The summed E-state index contributed by atoms with van der Waals surface area (Å²) in [6.45, 7) is 0.115. The second-order valence-electron chi connectivity index (χ2n) is 3.52. The van der Waals surface area contributed by atoms with Gasteiger partial charge in [-0.3, -0.25) is 0 Å². The van der Waals surface area contributed by atoms with Crippen molar-refractivity contribution in [2.24, 2.45) is 0 Å². The quantitative estimate of drug-likeness (QED) is 0.767. The highest BCUT2D eigenvalue weighted by molar-refractivity contribution is 7.89. The minimum Gasteiger partial charge on any atom is -0.492 e. The number of nitrogen functional groups attached to an aromatic ring is 1. The first-order valence-corrected chi connectivity index (χ1v) is 6.41. The van der Waals surface area contributed by atoms with Crippen molar-refractivity contribution >= 4 is 15.7 Å². The number of nitrogens with two attached hydrogens (primary N) is 1. The van der Waals surface area contributed by atoms with Crippen LogP contribution in [0.1, 0.15) is 0 Å². The number of sulfonamides is 1. The molecule has 6 heteroatoms. The lowest BCUT2D eigenvalue weighted by Gasteiger charge is -2.11. The Bertz CT molecular complexity index is 443. The van der Waals surface area contributed by atoms with E-state index in [1.807, 2.05) is 0 Å². The Morgan fingerprint density at radius 1 is 1.38 bits per heavy atom. The van der Waals surface area contributed by atoms with Gasteiger partial charge < -0.3 is 10.5 Å². The number of hydrogen-bond acceptors (Lipinski definition) is 4. The Hall–Kier alpha value is -1.27. The first-order valence-electron chi connectivity index (χ1n) is 4.80. The molecule has 0 radical (unpaired) electrons. The van der Waals surface area contributed by atoms with Crippen molar-refractivity contribution in [1.82, 2.24) is 4.31 Å². The molecule has 0 aliphatic rings. The number of ether oxygens (including phenoxy) is 1. The number of benzene rings is 1. The predicted molar refractivity (Wildman–Crippen MR) is 63.8 cm³/mol. The molecule has 0 heterocycles. The standard InChI is InChI=1S/C10H16N2O3S/c1-12(2)16(13,14)7-6-15-10-5-3-4-9(11)8-10/h3-5,8H,6-7,11H2,1-2H3. The summed E-state index contributed by atoms with van der Waals surface area (Å²) >= 11 is 0. The van der Waals surface area contributed by atoms with Crippen LogP contribution in [0.4, 0.5) is 5.69 Å². The van der Waals surface area contributed by atoms with Gasteiger partial charge >= 0.3 is 0 Å². The van der Waals surface area contributed by atoms with E-state index >= 15 is 0 Å². The maximum atomic E-state index is 11.4. The maximum absolute atomic E-state index is 11.4. The van der Waals surface area contributed by atoms with Gasteiger partial charge in [0.1, 0.15) is 12.4 Å². The summed E-state index contributed by atoms with van der Waals surface area (Å²) in [6, 6.07) is 6.88. The Balaban J connectivity index is 2.48. The minimum absolute atomic E-state index is 0.0468. The van der Waals surface area contributed by atoms with E-state index in [9.17, 15) is 8.42 Å². The van der Waals surface area contributed by atoms with Gasteiger partial charge in [-0.2, -0.15) is 0 Å². The first kappa shape index (κ1) is 12.8. The molecule has 0 unspecified atom stereocenters. The normalized spacial score (nSPS) is 11.7. The van der Waals surface area contributed by atoms with Crippen LogP contribution in [-0.4, -0.2) is 39.2 Å². The maximum Gasteiger partial charge on any atom is 0.216 e. The fourth-order valence-electron chi connectivity index (χ4n) is 1.05. The molecule has 16 heavy (non-hydrogen) atoms. The van der Waals surface area contributed by atoms with Crippen LogP contribution in [0, 0.1) is 0 Å². The molecule has 90 valence electrons. The van der Waals surface area contributed by atoms with Crippen LogP contribution in [0.5, 0.6) is 5.75 Å². The third-order valence-corrected chi connectivity index (χ3v) is 3.82. The van der Waals surface area contributed by atoms with Crippen molar-refractivity contribution in [2.75, 3.05) is 32.2 Å². The highest BCUT2D eigenvalue weighted by Crippen LogP contribution is 2.14. The summed E-state index contributed by atoms with van der Waals surface area (Å²) in [5, 5.41) is 0. The molecule has 1 aromatic rings. The highest BCUT2D eigenvalue weighted by Gasteiger charge is 2.13. The van der Waals surface area contributed by atoms with E-state index in [0.717, 1.165) is 0 Å². The van der Waals surface area contributed by atoms with E-state index in [1.165, 1.54) is 18.4 Å². The Kier molecular flexibility index (Phi) is 4.14. The molecular weight excluding hydrogens is 228 g/mol. The van der Waals surface area contributed by atoms with Gasteiger partial charge in [0.05, 0.1) is 5.75 Å². The van der Waals surface area contributed by atoms with Gasteiger partial charge in [0.2, 0.25) is 10.0 Å². The summed E-state index contributed by atoms with van der Waals surface area (Å²) in [5.74, 6) is 0.531. The van der Waals surface area contributed by atoms with Gasteiger partial charge in [-0.25, -0.2) is 12.7 Å². The fourth-order valence-corrected chi connectivity index (χ4v) is 1.71. The summed E-state index contributed by atoms with van der Waals surface area (Å²) in [5.41, 5.74) is 6.15. The van der Waals surface area contributed by atoms with Gasteiger partial charge in [-0.15, -0.1) is 0 Å². The molecule has 2 N–H and O–H groups in total. The molecule has 0 fully saturated rings. The molecule has 0 amide bonds. The molecule has 0 saturated carbocycles. The van der Waals surface area contributed by atoms with E-state index in [2.05, 4.69) is 0 Å². The highest BCUT2D eigenvalue weighted by atomic mass is 32.2. The van der Waals surface area contributed by atoms with Crippen molar-refractivity contribution in [1.29, 1.82) is 0 Å². The Labute approximate surface area is 95.9 Å². The molecule has 0 atom stereocenters. The third-order valence-electron chi connectivity index (χ3n) is 2.02. The van der Waals surface area contributed by atoms with Crippen molar-refractivity contribution < 1.29 is 13.2 Å². The van der Waals surface area contributed by atoms with Crippen molar-refractivity contribution in [3.8, 4) is 5.75 Å². The zero-order chi connectivity index (χ0) is 12.2. The zero-order valence-corrected chi connectivity index (χ0v) is 10.2. The van der Waals surface area contributed by atoms with Gasteiger partial charge in [0.15, 0.2) is 0 Å². The van der Waals surface area contributed by atoms with Crippen molar-refractivity contribution in [2.45, 2.75) is 0 Å². The van der Waals surface area contributed by atoms with Crippen molar-refractivity contribution in [3.63, 3.8) is 0 Å². The Morgan fingerprint density at radius 3 is 2.62 bits per heavy atom. The van der Waals surface area contributed by atoms with E-state index in [-0.39, 0.29) is 12.4 Å². The van der Waals surface area contributed by atoms with Crippen LogP contribution < -0.4 is 10.5 Å². The molecule has 0 bridgehead atoms. The molecule has 5 nitrogen and oxygen atoms in total. The lowest BCUT2D eigenvalue weighted by molar-refractivity contribution is 0.338. The summed E-state index contributed by atoms with van der Waals surface area (Å²) in [4.78, 5) is 0. The van der Waals surface area contributed by atoms with Crippen LogP contribution >= 0.6 is 0 Å². The fraction of sp³-hybridized carbons (Fsp3) is 0.400. The largest absolute Gasteiger partial charge is 0.492 e. The SMILES string of the molecule is CN(C)S(=O)(=O)CCOc1cccc(N)c1. The van der Waals surface area contributed by atoms with Gasteiger partial charge in [-0.1, -0.05) is 6.07 Å². The monoisotopic (exact) mass is 244 g/mol. The number of hydrogen-bond donors (Lipinski definition) is 1. The second-order valence-corrected chi connectivity index (χ2v) is 5.82. The average Bonchev–Trinajstić information content (AvgIpc) is 2.17. The van der Waals surface area contributed by atoms with Crippen LogP contribution in [0.2, 0.25) is 0 Å². The number of rotatable bonds is 5. The lowest BCUT2D eigenvalue weighted by atomic mass is 10.3. The second kappa shape index (κ2) is 5.18. The lowest BCUT2D eigenvalue weighted by Crippen LogP contribution is -2.27. The Morgan fingerprint density at radius 2 is 2.06 bits per heavy atom. The summed E-state index contributed by atoms with van der Waals surface area (Å²) in [7, 11) is -0.210. The minimum atomic E-state index is -3.20. The first-order chi connectivity index (χ1) is 7.42. The molecule has 0 saturated heterocycles. The van der Waals surface area contributed by atoms with Gasteiger partial charge in [0, 0.05) is 25.8 Å². The van der Waals surface area contributed by atoms with Crippen LogP contribution in [0.25, 0.3) is 0 Å². The molecule has 1 rings (SSSR count). The van der Waals surface area contributed by atoms with E-state index in [1.54, 1.807) is 24.3 Å². The van der Waals surface area contributed by atoms with Crippen LogP contribution in [0.15, 0.2) is 24.3 Å². The van der Waals surface area contributed by atoms with Gasteiger partial charge in [0.25, 0.3) is 0 Å². The molecule has 0 spiro atoms. The summed E-state index contributed by atoms with van der Waals surface area (Å²) < 4.78 is 29.3. The van der Waals surface area contributed by atoms with Gasteiger partial charge in [-0.05, 0) is 12.1 Å². The smallest absolute Gasteiger partial charge is 0.216 e. The average molecular weight is 244 g/mol. The molecule has 0 aromatic heterocycles. The van der Waals surface area contributed by atoms with E-state index in [4.69, 9.17) is 10.5 Å². The summed E-state index contributed by atoms with van der Waals surface area (Å²) in [6.07, 6.45) is 0. The zero-order valence-electron chi connectivity index (χ0n) is 9.38. The van der Waals surface area contributed by atoms with E-state index < -0.39 is 10.0 Å².